The van der Waals surface area contributed by atoms with Gasteiger partial charge in [0.15, 0.2) is 0 Å². The summed E-state index contributed by atoms with van der Waals surface area (Å²) in [6, 6.07) is 19.0. The van der Waals surface area contributed by atoms with Gasteiger partial charge in [0.2, 0.25) is 0 Å². The molecule has 2 aromatic heterocycles. The van der Waals surface area contributed by atoms with Gasteiger partial charge in [0, 0.05) is 20.3 Å². The van der Waals surface area contributed by atoms with Crippen LogP contribution in [0.1, 0.15) is 28.2 Å². The molecule has 10 heteroatoms. The first-order chi connectivity index (χ1) is 18.4. The molecule has 8 nitrogen and oxygen atoms in total. The Hall–Kier alpha value is -4.02. The number of benzene rings is 2. The molecule has 3 heterocycles. The monoisotopic (exact) mass is 591 g/mol. The van der Waals surface area contributed by atoms with Crippen LogP contribution >= 0.6 is 27.3 Å². The lowest BCUT2D eigenvalue weighted by Gasteiger charge is -2.28. The van der Waals surface area contributed by atoms with E-state index in [1.807, 2.05) is 60.0 Å². The number of hydrogen-bond donors (Lipinski definition) is 2. The van der Waals surface area contributed by atoms with Crippen molar-refractivity contribution in [3.05, 3.63) is 98.3 Å². The summed E-state index contributed by atoms with van der Waals surface area (Å²) in [6.45, 7) is 1.53. The van der Waals surface area contributed by atoms with Crippen molar-refractivity contribution in [1.29, 1.82) is 0 Å². The maximum atomic E-state index is 13.4. The van der Waals surface area contributed by atoms with Crippen LogP contribution in [0.15, 0.2) is 87.9 Å². The largest absolute Gasteiger partial charge is 0.463 e. The number of fused-ring (bicyclic) bond motifs is 1. The van der Waals surface area contributed by atoms with Crippen LogP contribution in [0.3, 0.4) is 0 Å². The molecule has 0 saturated carbocycles. The summed E-state index contributed by atoms with van der Waals surface area (Å²) >= 11 is 4.83. The van der Waals surface area contributed by atoms with Crippen LogP contribution in [0.4, 0.5) is 4.79 Å². The minimum atomic E-state index is -0.720. The van der Waals surface area contributed by atoms with E-state index in [4.69, 9.17) is 14.5 Å². The number of aromatic nitrogens is 1. The first-order valence-corrected chi connectivity index (χ1v) is 13.5. The highest BCUT2D eigenvalue weighted by Crippen LogP contribution is 2.31. The lowest BCUT2D eigenvalue weighted by atomic mass is 10.0. The maximum Gasteiger partial charge on any atom is 0.339 e. The number of carbonyl (C=O) groups is 3. The molecule has 0 bridgehead atoms. The number of hydrogen-bond acceptors (Lipinski definition) is 7. The van der Waals surface area contributed by atoms with Crippen molar-refractivity contribution < 1.29 is 23.9 Å². The molecule has 0 saturated heterocycles. The van der Waals surface area contributed by atoms with Crippen molar-refractivity contribution in [2.24, 2.45) is 0 Å². The topological polar surface area (TPSA) is 107 Å². The smallest absolute Gasteiger partial charge is 0.339 e. The predicted molar refractivity (Wildman–Crippen MR) is 148 cm³/mol. The van der Waals surface area contributed by atoms with E-state index < -0.39 is 24.0 Å². The molecular weight excluding hydrogens is 570 g/mol. The second kappa shape index (κ2) is 11.2. The standard InChI is InChI=1S/C28H22BrN3O5S/c1-2-36-27(34)24-22(31-28(35)32-25(24)23-8-5-13-38-23)15-37-26(33)19-14-21(16-9-11-17(29)12-10-16)30-20-7-4-3-6-18(19)20/h3-14,25H,2,15H2,1H3,(H2,31,32,35)/t25-/m1/s1. The van der Waals surface area contributed by atoms with Crippen LogP contribution in [0, 0.1) is 0 Å². The first kappa shape index (κ1) is 25.6. The summed E-state index contributed by atoms with van der Waals surface area (Å²) < 4.78 is 11.9. The third kappa shape index (κ3) is 5.32. The quantitative estimate of drug-likeness (QED) is 0.265. The maximum absolute atomic E-state index is 13.4. The van der Waals surface area contributed by atoms with E-state index in [0.29, 0.717) is 22.2 Å². The predicted octanol–water partition coefficient (Wildman–Crippen LogP) is 5.75. The number of esters is 2. The Labute approximate surface area is 230 Å². The summed E-state index contributed by atoms with van der Waals surface area (Å²) in [5.74, 6) is -1.21. The summed E-state index contributed by atoms with van der Waals surface area (Å²) in [7, 11) is 0. The van der Waals surface area contributed by atoms with Gasteiger partial charge < -0.3 is 20.1 Å². The number of pyridine rings is 1. The molecule has 0 radical (unpaired) electrons. The molecule has 2 N–H and O–H groups in total. The molecule has 38 heavy (non-hydrogen) atoms. The summed E-state index contributed by atoms with van der Waals surface area (Å²) in [4.78, 5) is 44.3. The Morgan fingerprint density at radius 2 is 1.82 bits per heavy atom. The minimum absolute atomic E-state index is 0.155. The van der Waals surface area contributed by atoms with E-state index in [0.717, 1.165) is 14.9 Å². The number of nitrogens with zero attached hydrogens (tertiary/aromatic N) is 1. The number of halogens is 1. The van der Waals surface area contributed by atoms with Crippen LogP contribution in [-0.2, 0) is 14.3 Å². The van der Waals surface area contributed by atoms with Crippen LogP contribution in [0.2, 0.25) is 0 Å². The number of nitrogens with one attached hydrogen (secondary N) is 2. The molecule has 4 aromatic rings. The second-order valence-corrected chi connectivity index (χ2v) is 10.2. The molecule has 1 aliphatic rings. The Kier molecular flexibility index (Phi) is 7.52. The van der Waals surface area contributed by atoms with Crippen molar-refractivity contribution in [3.8, 4) is 11.3 Å². The Morgan fingerprint density at radius 3 is 2.55 bits per heavy atom. The van der Waals surface area contributed by atoms with Gasteiger partial charge in [-0.3, -0.25) is 0 Å². The van der Waals surface area contributed by atoms with Crippen molar-refractivity contribution in [3.63, 3.8) is 0 Å². The number of carbonyl (C=O) groups excluding carboxylic acids is 3. The van der Waals surface area contributed by atoms with E-state index in [9.17, 15) is 14.4 Å². The second-order valence-electron chi connectivity index (χ2n) is 8.31. The lowest BCUT2D eigenvalue weighted by molar-refractivity contribution is -0.139. The highest BCUT2D eigenvalue weighted by molar-refractivity contribution is 9.10. The molecule has 1 aliphatic heterocycles. The van der Waals surface area contributed by atoms with Gasteiger partial charge in [0.25, 0.3) is 0 Å². The summed E-state index contributed by atoms with van der Waals surface area (Å²) in [5.41, 5.74) is 2.77. The zero-order chi connectivity index (χ0) is 26.6. The molecule has 192 valence electrons. The molecule has 1 atom stereocenters. The van der Waals surface area contributed by atoms with Gasteiger partial charge in [-0.1, -0.05) is 52.3 Å². The Balaban J connectivity index is 1.49. The number of rotatable bonds is 7. The number of thiophene rings is 1. The first-order valence-electron chi connectivity index (χ1n) is 11.8. The molecule has 0 spiro atoms. The SMILES string of the molecule is CCOC(=O)C1=C(COC(=O)c2cc(-c3ccc(Br)cc3)nc3ccccc23)NC(=O)N[C@@H]1c1cccs1. The molecule has 0 aliphatic carbocycles. The third-order valence-electron chi connectivity index (χ3n) is 5.90. The highest BCUT2D eigenvalue weighted by atomic mass is 79.9. The average molecular weight is 592 g/mol. The van der Waals surface area contributed by atoms with E-state index >= 15 is 0 Å². The van der Waals surface area contributed by atoms with Crippen molar-refractivity contribution >= 4 is 56.1 Å². The van der Waals surface area contributed by atoms with Gasteiger partial charge in [0.05, 0.1) is 40.7 Å². The van der Waals surface area contributed by atoms with Gasteiger partial charge in [-0.15, -0.1) is 11.3 Å². The zero-order valence-electron chi connectivity index (χ0n) is 20.2. The van der Waals surface area contributed by atoms with Crippen molar-refractivity contribution in [2.75, 3.05) is 13.2 Å². The molecule has 2 aromatic carbocycles. The number of para-hydroxylation sites is 1. The fourth-order valence-electron chi connectivity index (χ4n) is 4.18. The van der Waals surface area contributed by atoms with E-state index in [2.05, 4.69) is 26.6 Å². The van der Waals surface area contributed by atoms with Crippen LogP contribution in [-0.4, -0.2) is 36.2 Å². The highest BCUT2D eigenvalue weighted by Gasteiger charge is 2.35. The zero-order valence-corrected chi connectivity index (χ0v) is 22.6. The number of amides is 2. The Morgan fingerprint density at radius 1 is 1.03 bits per heavy atom. The van der Waals surface area contributed by atoms with Gasteiger partial charge in [-0.05, 0) is 42.6 Å². The number of urea groups is 1. The van der Waals surface area contributed by atoms with Crippen LogP contribution < -0.4 is 10.6 Å². The summed E-state index contributed by atoms with van der Waals surface area (Å²) in [6.07, 6.45) is 0. The molecule has 0 unspecified atom stereocenters. The average Bonchev–Trinajstić information content (AvgIpc) is 3.46. The molecule has 2 amide bonds. The minimum Gasteiger partial charge on any atom is -0.463 e. The fourth-order valence-corrected chi connectivity index (χ4v) is 5.23. The van der Waals surface area contributed by atoms with E-state index in [1.165, 1.54) is 11.3 Å². The van der Waals surface area contributed by atoms with Gasteiger partial charge in [-0.2, -0.15) is 0 Å². The molecule has 5 rings (SSSR count). The third-order valence-corrected chi connectivity index (χ3v) is 7.37. The molecule has 0 fully saturated rings. The number of ether oxygens (including phenoxy) is 2. The van der Waals surface area contributed by atoms with Crippen molar-refractivity contribution in [1.82, 2.24) is 15.6 Å². The molecular formula is C28H22BrN3O5S. The van der Waals surface area contributed by atoms with E-state index in [-0.39, 0.29) is 24.5 Å². The normalized spacial score (nSPS) is 15.1. The lowest BCUT2D eigenvalue weighted by Crippen LogP contribution is -2.46. The van der Waals surface area contributed by atoms with Gasteiger partial charge in [0.1, 0.15) is 6.61 Å². The Bertz CT molecular complexity index is 1550. The van der Waals surface area contributed by atoms with Gasteiger partial charge in [-0.25, -0.2) is 19.4 Å². The van der Waals surface area contributed by atoms with E-state index in [1.54, 1.807) is 19.1 Å². The van der Waals surface area contributed by atoms with Crippen molar-refractivity contribution in [2.45, 2.75) is 13.0 Å². The fraction of sp³-hybridized carbons (Fsp3) is 0.143. The van der Waals surface area contributed by atoms with Crippen LogP contribution in [0.5, 0.6) is 0 Å². The van der Waals surface area contributed by atoms with Gasteiger partial charge >= 0.3 is 18.0 Å². The summed E-state index contributed by atoms with van der Waals surface area (Å²) in [5, 5.41) is 7.86. The van der Waals surface area contributed by atoms with Crippen LogP contribution in [0.25, 0.3) is 22.2 Å².